The van der Waals surface area contributed by atoms with Gasteiger partial charge in [-0.2, -0.15) is 5.10 Å². The molecule has 8 nitrogen and oxygen atoms in total. The molecule has 8 heteroatoms. The maximum absolute atomic E-state index is 11.7. The fourth-order valence-electron chi connectivity index (χ4n) is 2.55. The topological polar surface area (TPSA) is 102 Å². The molecule has 0 radical (unpaired) electrons. The minimum atomic E-state index is -1.11. The van der Waals surface area contributed by atoms with Crippen molar-refractivity contribution in [3.63, 3.8) is 0 Å². The van der Waals surface area contributed by atoms with Crippen LogP contribution in [0.2, 0.25) is 0 Å². The minimum Gasteiger partial charge on any atom is -0.497 e. The maximum atomic E-state index is 11.7. The predicted octanol–water partition coefficient (Wildman–Crippen LogP) is 2.70. The van der Waals surface area contributed by atoms with Crippen LogP contribution in [0.3, 0.4) is 0 Å². The van der Waals surface area contributed by atoms with E-state index < -0.39 is 5.97 Å². The smallest absolute Gasteiger partial charge is 0.343 e. The second-order valence-electron chi connectivity index (χ2n) is 5.54. The predicted molar refractivity (Wildman–Crippen MR) is 90.7 cm³/mol. The van der Waals surface area contributed by atoms with Crippen molar-refractivity contribution in [2.75, 3.05) is 12.4 Å². The highest BCUT2D eigenvalue weighted by molar-refractivity contribution is 5.99. The molecule has 2 N–H and O–H groups in total. The highest BCUT2D eigenvalue weighted by atomic mass is 16.5. The number of hydrogen-bond donors (Lipinski definition) is 2. The third-order valence-electron chi connectivity index (χ3n) is 3.82. The molecular weight excluding hydrogens is 324 g/mol. The molecule has 3 aromatic rings. The number of aromatic carboxylic acids is 1. The Morgan fingerprint density at radius 3 is 2.64 bits per heavy atom. The molecule has 0 amide bonds. The number of anilines is 1. The van der Waals surface area contributed by atoms with Gasteiger partial charge in [0.1, 0.15) is 5.75 Å². The van der Waals surface area contributed by atoms with E-state index in [2.05, 4.69) is 15.6 Å². The van der Waals surface area contributed by atoms with E-state index in [1.165, 1.54) is 0 Å². The average Bonchev–Trinajstić information content (AvgIpc) is 3.15. The first-order chi connectivity index (χ1) is 12.0. The van der Waals surface area contributed by atoms with Gasteiger partial charge in [-0.1, -0.05) is 5.16 Å². The lowest BCUT2D eigenvalue weighted by atomic mass is 10.1. The Morgan fingerprint density at radius 1 is 1.36 bits per heavy atom. The summed E-state index contributed by atoms with van der Waals surface area (Å²) in [6.07, 6.45) is 1.87. The van der Waals surface area contributed by atoms with Crippen LogP contribution in [-0.4, -0.2) is 33.1 Å². The monoisotopic (exact) mass is 342 g/mol. The third-order valence-corrected chi connectivity index (χ3v) is 3.82. The fraction of sp³-hybridized carbons (Fsp3) is 0.235. The maximum Gasteiger partial charge on any atom is 0.343 e. The third kappa shape index (κ3) is 3.32. The summed E-state index contributed by atoms with van der Waals surface area (Å²) in [6, 6.07) is 6.91. The van der Waals surface area contributed by atoms with Gasteiger partial charge in [-0.3, -0.25) is 4.68 Å². The zero-order chi connectivity index (χ0) is 18.0. The lowest BCUT2D eigenvalue weighted by Crippen LogP contribution is -2.06. The lowest BCUT2D eigenvalue weighted by molar-refractivity contribution is 0.0698. The summed E-state index contributed by atoms with van der Waals surface area (Å²) in [7, 11) is 3.39. The van der Waals surface area contributed by atoms with Gasteiger partial charge in [0.05, 0.1) is 12.8 Å². The minimum absolute atomic E-state index is 0.00768. The van der Waals surface area contributed by atoms with E-state index in [0.717, 1.165) is 11.3 Å². The molecule has 0 atom stereocenters. The van der Waals surface area contributed by atoms with E-state index in [4.69, 9.17) is 9.26 Å². The Hall–Kier alpha value is -3.29. The number of nitrogens with one attached hydrogen (secondary N) is 1. The SMILES string of the molecule is COc1ccc(-c2onc(NCc3cn(C)nc3C)c2C(=O)O)cc1. The summed E-state index contributed by atoms with van der Waals surface area (Å²) < 4.78 is 12.1. The van der Waals surface area contributed by atoms with Gasteiger partial charge >= 0.3 is 5.97 Å². The van der Waals surface area contributed by atoms with Crippen molar-refractivity contribution in [3.8, 4) is 17.1 Å². The summed E-state index contributed by atoms with van der Waals surface area (Å²) in [5.41, 5.74) is 2.42. The number of hydrogen-bond acceptors (Lipinski definition) is 6. The molecule has 130 valence electrons. The number of benzene rings is 1. The molecule has 0 fully saturated rings. The number of methoxy groups -OCH3 is 1. The molecule has 0 saturated heterocycles. The number of carboxylic acids is 1. The van der Waals surface area contributed by atoms with E-state index >= 15 is 0 Å². The number of rotatable bonds is 6. The van der Waals surface area contributed by atoms with Gasteiger partial charge in [0.15, 0.2) is 17.1 Å². The van der Waals surface area contributed by atoms with E-state index in [0.29, 0.717) is 17.9 Å². The van der Waals surface area contributed by atoms with Crippen LogP contribution in [0.1, 0.15) is 21.6 Å². The Kier molecular flexibility index (Phi) is 4.42. The molecule has 1 aromatic carbocycles. The van der Waals surface area contributed by atoms with E-state index in [1.807, 2.05) is 20.2 Å². The van der Waals surface area contributed by atoms with E-state index in [9.17, 15) is 9.90 Å². The normalized spacial score (nSPS) is 10.7. The van der Waals surface area contributed by atoms with Crippen LogP contribution in [0, 0.1) is 6.92 Å². The second-order valence-corrected chi connectivity index (χ2v) is 5.54. The van der Waals surface area contributed by atoms with Crippen LogP contribution in [0.15, 0.2) is 35.0 Å². The van der Waals surface area contributed by atoms with Gasteiger partial charge in [0.2, 0.25) is 0 Å². The van der Waals surface area contributed by atoms with Crippen molar-refractivity contribution < 1.29 is 19.2 Å². The van der Waals surface area contributed by atoms with Crippen molar-refractivity contribution >= 4 is 11.8 Å². The second kappa shape index (κ2) is 6.68. The summed E-state index contributed by atoms with van der Waals surface area (Å²) in [5, 5.41) is 20.7. The fourth-order valence-corrected chi connectivity index (χ4v) is 2.55. The molecular formula is C17H18N4O4. The molecule has 0 bridgehead atoms. The molecule has 0 unspecified atom stereocenters. The summed E-state index contributed by atoms with van der Waals surface area (Å²) in [4.78, 5) is 11.7. The van der Waals surface area contributed by atoms with Gasteiger partial charge in [0, 0.05) is 30.9 Å². The zero-order valence-corrected chi connectivity index (χ0v) is 14.1. The molecule has 0 saturated carbocycles. The van der Waals surface area contributed by atoms with Gasteiger partial charge in [-0.05, 0) is 31.2 Å². The largest absolute Gasteiger partial charge is 0.497 e. The molecule has 3 rings (SSSR count). The van der Waals surface area contributed by atoms with Crippen molar-refractivity contribution in [1.29, 1.82) is 0 Å². The standard InChI is InChI=1S/C17H18N4O4/c1-10-12(9-21(2)19-10)8-18-16-14(17(22)23)15(25-20-16)11-4-6-13(24-3)7-5-11/h4-7,9H,8H2,1-3H3,(H,18,20)(H,22,23). The number of aryl methyl sites for hydroxylation is 2. The van der Waals surface area contributed by atoms with Crippen LogP contribution >= 0.6 is 0 Å². The number of nitrogens with zero attached hydrogens (tertiary/aromatic N) is 3. The van der Waals surface area contributed by atoms with Gasteiger partial charge in [-0.25, -0.2) is 4.79 Å². The Balaban J connectivity index is 1.88. The molecule has 0 aliphatic carbocycles. The average molecular weight is 342 g/mol. The van der Waals surface area contributed by atoms with Gasteiger partial charge in [-0.15, -0.1) is 0 Å². The Labute approximate surface area is 144 Å². The zero-order valence-electron chi connectivity index (χ0n) is 14.1. The quantitative estimate of drug-likeness (QED) is 0.710. The molecule has 25 heavy (non-hydrogen) atoms. The summed E-state index contributed by atoms with van der Waals surface area (Å²) in [6.45, 7) is 2.29. The Bertz CT molecular complexity index is 896. The van der Waals surface area contributed by atoms with Crippen molar-refractivity contribution in [1.82, 2.24) is 14.9 Å². The highest BCUT2D eigenvalue weighted by Gasteiger charge is 2.24. The number of carboxylic acid groups (broad SMARTS) is 1. The first-order valence-corrected chi connectivity index (χ1v) is 7.60. The van der Waals surface area contributed by atoms with Crippen LogP contribution < -0.4 is 10.1 Å². The summed E-state index contributed by atoms with van der Waals surface area (Å²) >= 11 is 0. The molecule has 2 heterocycles. The van der Waals surface area contributed by atoms with Gasteiger partial charge in [0.25, 0.3) is 0 Å². The van der Waals surface area contributed by atoms with E-state index in [1.54, 1.807) is 36.1 Å². The lowest BCUT2D eigenvalue weighted by Gasteiger charge is -2.04. The Morgan fingerprint density at radius 2 is 2.08 bits per heavy atom. The molecule has 0 spiro atoms. The van der Waals surface area contributed by atoms with Crippen LogP contribution in [0.4, 0.5) is 5.82 Å². The van der Waals surface area contributed by atoms with Crippen molar-refractivity contribution in [2.45, 2.75) is 13.5 Å². The van der Waals surface area contributed by atoms with Crippen LogP contribution in [0.25, 0.3) is 11.3 Å². The van der Waals surface area contributed by atoms with Crippen LogP contribution in [0.5, 0.6) is 5.75 Å². The first kappa shape index (κ1) is 16.6. The van der Waals surface area contributed by atoms with Crippen molar-refractivity contribution in [3.05, 3.63) is 47.3 Å². The number of aromatic nitrogens is 3. The van der Waals surface area contributed by atoms with Crippen molar-refractivity contribution in [2.24, 2.45) is 7.05 Å². The van der Waals surface area contributed by atoms with Gasteiger partial charge < -0.3 is 19.7 Å². The number of ether oxygens (including phenoxy) is 1. The highest BCUT2D eigenvalue weighted by Crippen LogP contribution is 2.30. The van der Waals surface area contributed by atoms with Crippen LogP contribution in [-0.2, 0) is 13.6 Å². The summed E-state index contributed by atoms with van der Waals surface area (Å²) in [5.74, 6) is -0.0647. The molecule has 0 aliphatic rings. The van der Waals surface area contributed by atoms with E-state index in [-0.39, 0.29) is 17.1 Å². The number of carbonyl (C=O) groups is 1. The molecule has 2 aromatic heterocycles. The molecule has 0 aliphatic heterocycles. The first-order valence-electron chi connectivity index (χ1n) is 7.60.